The fourth-order valence-corrected chi connectivity index (χ4v) is 2.49. The molecule has 0 N–H and O–H groups in total. The van der Waals surface area contributed by atoms with E-state index in [1.165, 1.54) is 6.92 Å². The molecule has 0 unspecified atom stereocenters. The van der Waals surface area contributed by atoms with Crippen molar-refractivity contribution < 1.29 is 21.0 Å². The van der Waals surface area contributed by atoms with E-state index in [9.17, 15) is 16.8 Å². The molecule has 0 saturated heterocycles. The summed E-state index contributed by atoms with van der Waals surface area (Å²) < 4.78 is 48.7. The summed E-state index contributed by atoms with van der Waals surface area (Å²) in [6.45, 7) is 3.28. The molecule has 0 amide bonds. The summed E-state index contributed by atoms with van der Waals surface area (Å²) >= 11 is 0. The first-order valence-corrected chi connectivity index (χ1v) is 8.80. The van der Waals surface area contributed by atoms with Crippen LogP contribution in [0.15, 0.2) is 0 Å². The van der Waals surface area contributed by atoms with Gasteiger partial charge in [0.15, 0.2) is 0 Å². The lowest BCUT2D eigenvalue weighted by Gasteiger charge is -2.03. The van der Waals surface area contributed by atoms with E-state index >= 15 is 0 Å². The molecule has 0 heterocycles. The molecule has 0 aromatic rings. The number of hydrogen-bond acceptors (Lipinski definition) is 5. The monoisotopic (exact) mass is 272 g/mol. The predicted octanol–water partition coefficient (Wildman–Crippen LogP) is 0.958. The Morgan fingerprint density at radius 1 is 0.875 bits per heavy atom. The number of rotatable bonds is 9. The fourth-order valence-electron chi connectivity index (χ4n) is 1.01. The fraction of sp³-hybridized carbons (Fsp3) is 1.00. The van der Waals surface area contributed by atoms with Gasteiger partial charge in [-0.1, -0.05) is 13.3 Å². The van der Waals surface area contributed by atoms with Crippen molar-refractivity contribution in [1.82, 2.24) is 0 Å². The van der Waals surface area contributed by atoms with Crippen LogP contribution in [0.25, 0.3) is 0 Å². The number of hydrogen-bond donors (Lipinski definition) is 0. The van der Waals surface area contributed by atoms with Gasteiger partial charge in [-0.2, -0.15) is 8.42 Å². The van der Waals surface area contributed by atoms with E-state index in [0.717, 1.165) is 0 Å². The molecule has 98 valence electrons. The molecule has 5 nitrogen and oxygen atoms in total. The Kier molecular flexibility index (Phi) is 7.17. The molecule has 0 aromatic heterocycles. The van der Waals surface area contributed by atoms with Crippen molar-refractivity contribution in [3.8, 4) is 0 Å². The van der Waals surface area contributed by atoms with E-state index in [4.69, 9.17) is 0 Å². The minimum absolute atomic E-state index is 0.0305. The zero-order valence-electron chi connectivity index (χ0n) is 9.81. The van der Waals surface area contributed by atoms with Gasteiger partial charge in [0.05, 0.1) is 18.1 Å². The maximum Gasteiger partial charge on any atom is 0.267 e. The third-order valence-corrected chi connectivity index (χ3v) is 5.18. The standard InChI is InChI=1S/C9H20O5S2/c1-3-15(10,11)9-7-5-6-8-14-16(12,13)4-2/h3-9H2,1-2H3. The highest BCUT2D eigenvalue weighted by molar-refractivity contribution is 7.91. The van der Waals surface area contributed by atoms with Crippen LogP contribution in [0.5, 0.6) is 0 Å². The molecule has 0 radical (unpaired) electrons. The van der Waals surface area contributed by atoms with Crippen molar-refractivity contribution in [2.75, 3.05) is 23.9 Å². The van der Waals surface area contributed by atoms with Crippen molar-refractivity contribution in [2.45, 2.75) is 33.1 Å². The zero-order valence-corrected chi connectivity index (χ0v) is 11.4. The van der Waals surface area contributed by atoms with Crippen molar-refractivity contribution in [3.63, 3.8) is 0 Å². The molecule has 0 bridgehead atoms. The minimum Gasteiger partial charge on any atom is -0.270 e. The molecule has 7 heteroatoms. The smallest absolute Gasteiger partial charge is 0.267 e. The topological polar surface area (TPSA) is 77.5 Å². The molecule has 0 fully saturated rings. The minimum atomic E-state index is -3.36. The second-order valence-electron chi connectivity index (χ2n) is 3.47. The lowest BCUT2D eigenvalue weighted by molar-refractivity contribution is 0.309. The van der Waals surface area contributed by atoms with E-state index in [1.807, 2.05) is 0 Å². The summed E-state index contributed by atoms with van der Waals surface area (Å²) in [4.78, 5) is 0. The third-order valence-electron chi connectivity index (χ3n) is 2.16. The lowest BCUT2D eigenvalue weighted by Crippen LogP contribution is -2.10. The molecule has 0 saturated carbocycles. The molecule has 0 spiro atoms. The van der Waals surface area contributed by atoms with Crippen LogP contribution in [-0.2, 0) is 24.1 Å². The van der Waals surface area contributed by atoms with Gasteiger partial charge in [0.2, 0.25) is 0 Å². The van der Waals surface area contributed by atoms with E-state index < -0.39 is 20.0 Å². The van der Waals surface area contributed by atoms with Gasteiger partial charge >= 0.3 is 0 Å². The average molecular weight is 272 g/mol. The Morgan fingerprint density at radius 2 is 1.50 bits per heavy atom. The van der Waals surface area contributed by atoms with Crippen molar-refractivity contribution >= 4 is 20.0 Å². The van der Waals surface area contributed by atoms with Crippen LogP contribution in [0.1, 0.15) is 33.1 Å². The summed E-state index contributed by atoms with van der Waals surface area (Å²) in [7, 11) is -6.26. The van der Waals surface area contributed by atoms with Crippen LogP contribution in [0.2, 0.25) is 0 Å². The Hall–Kier alpha value is -0.140. The van der Waals surface area contributed by atoms with Crippen LogP contribution < -0.4 is 0 Å². The largest absolute Gasteiger partial charge is 0.270 e. The second kappa shape index (κ2) is 7.24. The van der Waals surface area contributed by atoms with Crippen LogP contribution >= 0.6 is 0 Å². The summed E-state index contributed by atoms with van der Waals surface area (Å²) in [6.07, 6.45) is 1.79. The Labute approximate surface area is 98.2 Å². The maximum atomic E-state index is 11.1. The van der Waals surface area contributed by atoms with Gasteiger partial charge in [-0.3, -0.25) is 4.18 Å². The van der Waals surface area contributed by atoms with E-state index in [1.54, 1.807) is 6.92 Å². The van der Waals surface area contributed by atoms with Gasteiger partial charge in [0.25, 0.3) is 10.1 Å². The van der Waals surface area contributed by atoms with Crippen molar-refractivity contribution in [1.29, 1.82) is 0 Å². The first-order valence-electron chi connectivity index (χ1n) is 5.40. The van der Waals surface area contributed by atoms with E-state index in [2.05, 4.69) is 4.18 Å². The summed E-state index contributed by atoms with van der Waals surface area (Å²) in [5, 5.41) is 0. The highest BCUT2D eigenvalue weighted by Crippen LogP contribution is 2.02. The van der Waals surface area contributed by atoms with E-state index in [0.29, 0.717) is 19.3 Å². The van der Waals surface area contributed by atoms with Gasteiger partial charge in [-0.25, -0.2) is 8.42 Å². The average Bonchev–Trinajstić information content (AvgIpc) is 2.23. The third kappa shape index (κ3) is 8.06. The highest BCUT2D eigenvalue weighted by Gasteiger charge is 2.08. The van der Waals surface area contributed by atoms with Crippen LogP contribution in [0.3, 0.4) is 0 Å². The quantitative estimate of drug-likeness (QED) is 0.461. The predicted molar refractivity (Wildman–Crippen MR) is 63.6 cm³/mol. The van der Waals surface area contributed by atoms with Crippen molar-refractivity contribution in [2.24, 2.45) is 0 Å². The van der Waals surface area contributed by atoms with Gasteiger partial charge in [0, 0.05) is 5.75 Å². The molecule has 0 aliphatic carbocycles. The summed E-state index contributed by atoms with van der Waals surface area (Å²) in [5.41, 5.74) is 0. The van der Waals surface area contributed by atoms with Gasteiger partial charge in [0.1, 0.15) is 9.84 Å². The Balaban J connectivity index is 3.57. The van der Waals surface area contributed by atoms with Gasteiger partial charge in [-0.05, 0) is 19.8 Å². The van der Waals surface area contributed by atoms with E-state index in [-0.39, 0.29) is 23.9 Å². The number of sulfone groups is 1. The lowest BCUT2D eigenvalue weighted by atomic mass is 10.3. The first-order chi connectivity index (χ1) is 7.33. The van der Waals surface area contributed by atoms with Crippen molar-refractivity contribution in [3.05, 3.63) is 0 Å². The molecule has 0 aliphatic heterocycles. The number of unbranched alkanes of at least 4 members (excludes halogenated alkanes) is 2. The SMILES string of the molecule is CCS(=O)(=O)CCCCCOS(=O)(=O)CC. The molecular formula is C9H20O5S2. The first kappa shape index (κ1) is 15.9. The normalized spacial score (nSPS) is 12.9. The van der Waals surface area contributed by atoms with Gasteiger partial charge < -0.3 is 0 Å². The highest BCUT2D eigenvalue weighted by atomic mass is 32.2. The second-order valence-corrected chi connectivity index (χ2v) is 7.87. The molecule has 0 aliphatic rings. The van der Waals surface area contributed by atoms with Crippen LogP contribution in [0.4, 0.5) is 0 Å². The summed E-state index contributed by atoms with van der Waals surface area (Å²) in [6, 6.07) is 0. The maximum absolute atomic E-state index is 11.1. The molecule has 0 aromatic carbocycles. The summed E-state index contributed by atoms with van der Waals surface area (Å²) in [5.74, 6) is 0.301. The molecule has 16 heavy (non-hydrogen) atoms. The zero-order chi connectivity index (χ0) is 12.7. The Bertz CT molecular complexity index is 331. The van der Waals surface area contributed by atoms with Crippen LogP contribution in [-0.4, -0.2) is 40.7 Å². The van der Waals surface area contributed by atoms with Gasteiger partial charge in [-0.15, -0.1) is 0 Å². The van der Waals surface area contributed by atoms with Crippen LogP contribution in [0, 0.1) is 0 Å². The molecular weight excluding hydrogens is 252 g/mol. The molecule has 0 rings (SSSR count). The Morgan fingerprint density at radius 3 is 2.00 bits per heavy atom. The molecule has 0 atom stereocenters.